The summed E-state index contributed by atoms with van der Waals surface area (Å²) in [4.78, 5) is 12.9. The first-order valence-electron chi connectivity index (χ1n) is 11.9. The first kappa shape index (κ1) is 23.9. The molecule has 0 unspecified atom stereocenters. The number of nitrogens with zero attached hydrogens (tertiary/aromatic N) is 5. The number of fused-ring (bicyclic) bond motifs is 1. The van der Waals surface area contributed by atoms with Crippen LogP contribution in [0.15, 0.2) is 61.6 Å². The molecule has 1 aliphatic heterocycles. The number of rotatable bonds is 7. The average molecular weight is 490 g/mol. The minimum absolute atomic E-state index is 0.0895. The van der Waals surface area contributed by atoms with Gasteiger partial charge in [-0.15, -0.1) is 0 Å². The van der Waals surface area contributed by atoms with Crippen LogP contribution in [0.25, 0.3) is 27.7 Å². The number of nitrogens with one attached hydrogen (secondary N) is 2. The van der Waals surface area contributed by atoms with Crippen molar-refractivity contribution in [2.45, 2.75) is 25.3 Å². The van der Waals surface area contributed by atoms with Crippen LogP contribution in [0.4, 0.5) is 20.3 Å². The number of hydrogen-bond donors (Lipinski definition) is 2. The van der Waals surface area contributed by atoms with Crippen molar-refractivity contribution >= 4 is 28.1 Å². The lowest BCUT2D eigenvalue weighted by molar-refractivity contribution is -0.0566. The maximum atomic E-state index is 13.5. The Hall–Kier alpha value is -3.85. The minimum Gasteiger partial charge on any atom is -0.363 e. The van der Waals surface area contributed by atoms with Gasteiger partial charge in [0.2, 0.25) is 0 Å². The number of halogens is 2. The molecule has 0 radical (unpaired) electrons. The van der Waals surface area contributed by atoms with E-state index in [4.69, 9.17) is 0 Å². The lowest BCUT2D eigenvalue weighted by Gasteiger charge is -2.31. The number of aromatic nitrogens is 4. The van der Waals surface area contributed by atoms with Gasteiger partial charge in [0.25, 0.3) is 5.92 Å². The van der Waals surface area contributed by atoms with Crippen LogP contribution in [-0.4, -0.2) is 58.2 Å². The molecule has 0 amide bonds. The molecule has 1 aliphatic rings. The molecule has 2 N–H and O–H groups in total. The van der Waals surface area contributed by atoms with Crippen LogP contribution in [0.3, 0.4) is 0 Å². The van der Waals surface area contributed by atoms with Crippen molar-refractivity contribution in [1.82, 2.24) is 25.1 Å². The van der Waals surface area contributed by atoms with E-state index in [-0.39, 0.29) is 12.8 Å². The number of hydrogen-bond acceptors (Lipinski definition) is 6. The zero-order chi connectivity index (χ0) is 25.3. The lowest BCUT2D eigenvalue weighted by Crippen LogP contribution is -2.38. The molecule has 1 aromatic carbocycles. The first-order chi connectivity index (χ1) is 17.3. The van der Waals surface area contributed by atoms with Crippen molar-refractivity contribution in [3.8, 4) is 11.1 Å². The van der Waals surface area contributed by atoms with Gasteiger partial charge in [-0.2, -0.15) is 5.10 Å². The van der Waals surface area contributed by atoms with Gasteiger partial charge in [-0.25, -0.2) is 13.8 Å². The zero-order valence-corrected chi connectivity index (χ0v) is 20.4. The fraction of sp³-hybridized carbons (Fsp3) is 0.296. The molecule has 0 aliphatic carbocycles. The third-order valence-corrected chi connectivity index (χ3v) is 6.47. The number of piperidine rings is 1. The quantitative estimate of drug-likeness (QED) is 0.362. The van der Waals surface area contributed by atoms with E-state index < -0.39 is 5.92 Å². The predicted molar refractivity (Wildman–Crippen MR) is 140 cm³/mol. The second-order valence-corrected chi connectivity index (χ2v) is 9.45. The van der Waals surface area contributed by atoms with Gasteiger partial charge in [-0.05, 0) is 41.5 Å². The third-order valence-electron chi connectivity index (χ3n) is 6.47. The molecule has 0 saturated carbocycles. The van der Waals surface area contributed by atoms with Crippen LogP contribution >= 0.6 is 0 Å². The molecule has 4 heterocycles. The van der Waals surface area contributed by atoms with Crippen LogP contribution in [0.5, 0.6) is 0 Å². The standard InChI is InChI=1S/C27H29F2N7/c1-18(32-22-5-7-25(31-16-22)35(2)3)26-23-13-20(4-6-24(23)33-34-26)21-12-19(14-30-15-21)17-36-10-8-27(28,29)9-11-36/h4-7,12-16,32H,1,8-11,17H2,2-3H3,(H,33,34). The van der Waals surface area contributed by atoms with E-state index in [1.165, 1.54) is 0 Å². The average Bonchev–Trinajstić information content (AvgIpc) is 3.29. The maximum Gasteiger partial charge on any atom is 0.250 e. The molecule has 186 valence electrons. The highest BCUT2D eigenvalue weighted by Gasteiger charge is 2.33. The maximum absolute atomic E-state index is 13.5. The normalized spacial score (nSPS) is 15.7. The Morgan fingerprint density at radius 2 is 1.89 bits per heavy atom. The molecule has 3 aromatic heterocycles. The predicted octanol–water partition coefficient (Wildman–Crippen LogP) is 5.40. The summed E-state index contributed by atoms with van der Waals surface area (Å²) in [6, 6.07) is 12.0. The van der Waals surface area contributed by atoms with Gasteiger partial charge < -0.3 is 10.2 Å². The Bertz CT molecular complexity index is 1370. The molecule has 0 bridgehead atoms. The van der Waals surface area contributed by atoms with Gasteiger partial charge in [-0.1, -0.05) is 12.6 Å². The molecule has 7 nitrogen and oxygen atoms in total. The van der Waals surface area contributed by atoms with Gasteiger partial charge >= 0.3 is 0 Å². The molecule has 36 heavy (non-hydrogen) atoms. The lowest BCUT2D eigenvalue weighted by atomic mass is 10.0. The second-order valence-electron chi connectivity index (χ2n) is 9.45. The van der Waals surface area contributed by atoms with Crippen molar-refractivity contribution < 1.29 is 8.78 Å². The van der Waals surface area contributed by atoms with Crippen molar-refractivity contribution in [3.05, 3.63) is 72.8 Å². The molecule has 1 fully saturated rings. The van der Waals surface area contributed by atoms with Gasteiger partial charge in [0.1, 0.15) is 11.5 Å². The van der Waals surface area contributed by atoms with Crippen LogP contribution in [0, 0.1) is 0 Å². The van der Waals surface area contributed by atoms with Gasteiger partial charge in [0, 0.05) is 69.9 Å². The van der Waals surface area contributed by atoms with Crippen molar-refractivity contribution in [3.63, 3.8) is 0 Å². The Morgan fingerprint density at radius 1 is 1.08 bits per heavy atom. The number of anilines is 2. The van der Waals surface area contributed by atoms with E-state index in [9.17, 15) is 8.78 Å². The van der Waals surface area contributed by atoms with Crippen molar-refractivity contribution in [2.75, 3.05) is 37.4 Å². The van der Waals surface area contributed by atoms with Crippen LogP contribution < -0.4 is 10.2 Å². The van der Waals surface area contributed by atoms with E-state index in [2.05, 4.69) is 49.1 Å². The molecule has 0 atom stereocenters. The molecule has 9 heteroatoms. The number of aromatic amines is 1. The van der Waals surface area contributed by atoms with E-state index in [0.29, 0.717) is 25.3 Å². The summed E-state index contributed by atoms with van der Waals surface area (Å²) in [7, 11) is 3.89. The Morgan fingerprint density at radius 3 is 2.61 bits per heavy atom. The topological polar surface area (TPSA) is 73.0 Å². The van der Waals surface area contributed by atoms with Crippen LogP contribution in [-0.2, 0) is 6.54 Å². The Kier molecular flexibility index (Phi) is 6.40. The molecule has 0 spiro atoms. The first-order valence-corrected chi connectivity index (χ1v) is 11.9. The number of H-pyrrole nitrogens is 1. The van der Waals surface area contributed by atoms with E-state index >= 15 is 0 Å². The molecule has 1 saturated heterocycles. The summed E-state index contributed by atoms with van der Waals surface area (Å²) in [5, 5.41) is 11.8. The van der Waals surface area contributed by atoms with Gasteiger partial charge in [0.15, 0.2) is 0 Å². The second kappa shape index (κ2) is 9.66. The summed E-state index contributed by atoms with van der Waals surface area (Å²) in [6.07, 6.45) is 5.21. The Labute approximate surface area is 208 Å². The summed E-state index contributed by atoms with van der Waals surface area (Å²) < 4.78 is 27.0. The van der Waals surface area contributed by atoms with Crippen LogP contribution in [0.1, 0.15) is 24.1 Å². The third kappa shape index (κ3) is 5.21. The van der Waals surface area contributed by atoms with Gasteiger partial charge in [-0.3, -0.25) is 15.0 Å². The van der Waals surface area contributed by atoms with E-state index in [0.717, 1.165) is 44.8 Å². The number of pyridine rings is 2. The fourth-order valence-electron chi connectivity index (χ4n) is 4.41. The van der Waals surface area contributed by atoms with E-state index in [1.807, 2.05) is 49.5 Å². The monoisotopic (exact) mass is 489 g/mol. The van der Waals surface area contributed by atoms with Crippen molar-refractivity contribution in [2.24, 2.45) is 0 Å². The fourth-order valence-corrected chi connectivity index (χ4v) is 4.41. The van der Waals surface area contributed by atoms with E-state index in [1.54, 1.807) is 12.4 Å². The molecule has 5 rings (SSSR count). The zero-order valence-electron chi connectivity index (χ0n) is 20.4. The summed E-state index contributed by atoms with van der Waals surface area (Å²) >= 11 is 0. The number of likely N-dealkylation sites (tertiary alicyclic amines) is 1. The highest BCUT2D eigenvalue weighted by molar-refractivity contribution is 5.95. The summed E-state index contributed by atoms with van der Waals surface area (Å²) in [5.41, 5.74) is 6.07. The van der Waals surface area contributed by atoms with Gasteiger partial charge in [0.05, 0.1) is 23.1 Å². The van der Waals surface area contributed by atoms with Crippen LogP contribution in [0.2, 0.25) is 0 Å². The molecular formula is C27H29F2N7. The highest BCUT2D eigenvalue weighted by atomic mass is 19.3. The number of benzene rings is 1. The summed E-state index contributed by atoms with van der Waals surface area (Å²) in [5.74, 6) is -1.67. The van der Waals surface area contributed by atoms with Crippen molar-refractivity contribution in [1.29, 1.82) is 0 Å². The minimum atomic E-state index is -2.54. The Balaban J connectivity index is 1.34. The molecule has 4 aromatic rings. The molecular weight excluding hydrogens is 460 g/mol. The number of alkyl halides is 2. The largest absolute Gasteiger partial charge is 0.363 e. The summed E-state index contributed by atoms with van der Waals surface area (Å²) in [6.45, 7) is 5.58. The SMILES string of the molecule is C=C(Nc1ccc(N(C)C)nc1)c1n[nH]c2ccc(-c3cncc(CN4CCC(F)(F)CC4)c3)cc12. The highest BCUT2D eigenvalue weighted by Crippen LogP contribution is 2.31. The smallest absolute Gasteiger partial charge is 0.250 e.